The number of methoxy groups -OCH3 is 2. The second-order valence-corrected chi connectivity index (χ2v) is 7.89. The number of Topliss-reactive ketones (excluding diaryl/α,β-unsaturated/α-hetero) is 1. The van der Waals surface area contributed by atoms with Crippen molar-refractivity contribution in [2.75, 3.05) is 53.6 Å². The number of ketones is 1. The fourth-order valence-corrected chi connectivity index (χ4v) is 4.35. The number of aliphatic hydroxyl groups excluding tert-OH is 1. The SMILES string of the molecule is COc1ccc(C2/C(=C(\O)C3=CC=CC3)C(=O)C(=O)N2CCN2CCOCC2)cc1OC. The molecule has 2 aliphatic heterocycles. The van der Waals surface area contributed by atoms with E-state index in [-0.39, 0.29) is 11.3 Å². The first-order valence-electron chi connectivity index (χ1n) is 10.7. The summed E-state index contributed by atoms with van der Waals surface area (Å²) in [5.41, 5.74) is 1.41. The molecular weight excluding hydrogens is 412 g/mol. The van der Waals surface area contributed by atoms with E-state index in [4.69, 9.17) is 14.2 Å². The molecule has 1 atom stereocenters. The average Bonchev–Trinajstić information content (AvgIpc) is 3.45. The Balaban J connectivity index is 1.73. The van der Waals surface area contributed by atoms with Crippen LogP contribution in [0.15, 0.2) is 53.3 Å². The number of ether oxygens (including phenoxy) is 3. The number of hydrogen-bond acceptors (Lipinski definition) is 7. The highest BCUT2D eigenvalue weighted by Crippen LogP contribution is 2.41. The summed E-state index contributed by atoms with van der Waals surface area (Å²) >= 11 is 0. The fraction of sp³-hybridized carbons (Fsp3) is 0.417. The molecule has 0 saturated carbocycles. The summed E-state index contributed by atoms with van der Waals surface area (Å²) in [6.07, 6.45) is 6.01. The monoisotopic (exact) mass is 440 g/mol. The summed E-state index contributed by atoms with van der Waals surface area (Å²) in [6.45, 7) is 3.84. The molecule has 4 rings (SSSR count). The third-order valence-corrected chi connectivity index (χ3v) is 6.10. The maximum Gasteiger partial charge on any atom is 0.295 e. The van der Waals surface area contributed by atoms with Gasteiger partial charge in [0.05, 0.1) is 39.0 Å². The Hall–Kier alpha value is -3.10. The Morgan fingerprint density at radius 2 is 1.88 bits per heavy atom. The lowest BCUT2D eigenvalue weighted by Crippen LogP contribution is -2.42. The minimum Gasteiger partial charge on any atom is -0.507 e. The van der Waals surface area contributed by atoms with E-state index < -0.39 is 17.7 Å². The lowest BCUT2D eigenvalue weighted by Gasteiger charge is -2.31. The van der Waals surface area contributed by atoms with Crippen LogP contribution in [0.5, 0.6) is 11.5 Å². The van der Waals surface area contributed by atoms with E-state index >= 15 is 0 Å². The Kier molecular flexibility index (Phi) is 6.62. The topological polar surface area (TPSA) is 88.5 Å². The van der Waals surface area contributed by atoms with Crippen LogP contribution in [0.3, 0.4) is 0 Å². The number of amides is 1. The molecule has 8 nitrogen and oxygen atoms in total. The van der Waals surface area contributed by atoms with Crippen molar-refractivity contribution in [2.45, 2.75) is 12.5 Å². The Labute approximate surface area is 187 Å². The van der Waals surface area contributed by atoms with E-state index in [1.54, 1.807) is 36.3 Å². The number of nitrogens with zero attached hydrogens (tertiary/aromatic N) is 2. The number of rotatable bonds is 7. The van der Waals surface area contributed by atoms with Crippen LogP contribution in [-0.4, -0.2) is 80.2 Å². The van der Waals surface area contributed by atoms with E-state index in [0.717, 1.165) is 13.1 Å². The normalized spacial score (nSPS) is 23.0. The highest BCUT2D eigenvalue weighted by Gasteiger charge is 2.46. The maximum atomic E-state index is 13.1. The molecule has 1 aromatic carbocycles. The molecule has 32 heavy (non-hydrogen) atoms. The zero-order valence-electron chi connectivity index (χ0n) is 18.4. The fourth-order valence-electron chi connectivity index (χ4n) is 4.35. The number of carbonyl (C=O) groups is 2. The Morgan fingerprint density at radius 3 is 2.53 bits per heavy atom. The molecule has 0 bridgehead atoms. The van der Waals surface area contributed by atoms with Gasteiger partial charge in [-0.15, -0.1) is 0 Å². The van der Waals surface area contributed by atoms with Crippen LogP contribution in [0.1, 0.15) is 18.0 Å². The molecule has 8 heteroatoms. The number of hydrogen-bond donors (Lipinski definition) is 1. The smallest absolute Gasteiger partial charge is 0.295 e. The number of benzene rings is 1. The quantitative estimate of drug-likeness (QED) is 0.395. The van der Waals surface area contributed by atoms with Crippen molar-refractivity contribution >= 4 is 11.7 Å². The predicted octanol–water partition coefficient (Wildman–Crippen LogP) is 2.19. The van der Waals surface area contributed by atoms with Gasteiger partial charge in [-0.05, 0) is 29.7 Å². The maximum absolute atomic E-state index is 13.1. The van der Waals surface area contributed by atoms with Gasteiger partial charge in [-0.1, -0.05) is 24.3 Å². The molecule has 1 N–H and O–H groups in total. The van der Waals surface area contributed by atoms with Crippen molar-refractivity contribution in [1.82, 2.24) is 9.80 Å². The number of likely N-dealkylation sites (tertiary alicyclic amines) is 1. The number of carbonyl (C=O) groups excluding carboxylic acids is 2. The zero-order valence-corrected chi connectivity index (χ0v) is 18.4. The van der Waals surface area contributed by atoms with Crippen molar-refractivity contribution < 1.29 is 28.9 Å². The van der Waals surface area contributed by atoms with Gasteiger partial charge >= 0.3 is 0 Å². The van der Waals surface area contributed by atoms with E-state index in [1.807, 2.05) is 12.2 Å². The van der Waals surface area contributed by atoms with Crippen molar-refractivity contribution in [3.8, 4) is 11.5 Å². The van der Waals surface area contributed by atoms with Gasteiger partial charge < -0.3 is 24.2 Å². The molecule has 170 valence electrons. The highest BCUT2D eigenvalue weighted by atomic mass is 16.5. The molecule has 3 aliphatic rings. The van der Waals surface area contributed by atoms with E-state index in [9.17, 15) is 14.7 Å². The lowest BCUT2D eigenvalue weighted by molar-refractivity contribution is -0.140. The van der Waals surface area contributed by atoms with Gasteiger partial charge in [0.25, 0.3) is 11.7 Å². The molecule has 0 radical (unpaired) electrons. The van der Waals surface area contributed by atoms with Crippen molar-refractivity contribution in [3.63, 3.8) is 0 Å². The second kappa shape index (κ2) is 9.58. The third-order valence-electron chi connectivity index (χ3n) is 6.10. The van der Waals surface area contributed by atoms with Crippen LogP contribution in [0.4, 0.5) is 0 Å². The summed E-state index contributed by atoms with van der Waals surface area (Å²) in [6, 6.07) is 4.59. The van der Waals surface area contributed by atoms with Crippen LogP contribution in [0.2, 0.25) is 0 Å². The van der Waals surface area contributed by atoms with Gasteiger partial charge in [0.15, 0.2) is 11.5 Å². The molecule has 0 aromatic heterocycles. The summed E-state index contributed by atoms with van der Waals surface area (Å²) < 4.78 is 16.2. The molecule has 1 aliphatic carbocycles. The molecule has 1 unspecified atom stereocenters. The number of morpholine rings is 1. The molecular formula is C24H28N2O6. The van der Waals surface area contributed by atoms with Crippen LogP contribution < -0.4 is 9.47 Å². The van der Waals surface area contributed by atoms with E-state index in [2.05, 4.69) is 4.90 Å². The molecule has 1 aromatic rings. The van der Waals surface area contributed by atoms with Crippen molar-refractivity contribution in [2.24, 2.45) is 0 Å². The first-order valence-corrected chi connectivity index (χ1v) is 10.7. The first-order chi connectivity index (χ1) is 15.5. The summed E-state index contributed by atoms with van der Waals surface area (Å²) in [5.74, 6) is -0.361. The Morgan fingerprint density at radius 1 is 1.12 bits per heavy atom. The van der Waals surface area contributed by atoms with Gasteiger partial charge in [0.2, 0.25) is 0 Å². The van der Waals surface area contributed by atoms with Gasteiger partial charge in [-0.3, -0.25) is 14.5 Å². The molecule has 2 fully saturated rings. The predicted molar refractivity (Wildman–Crippen MR) is 118 cm³/mol. The average molecular weight is 440 g/mol. The number of aliphatic hydroxyl groups is 1. The summed E-state index contributed by atoms with van der Waals surface area (Å²) in [7, 11) is 3.08. The zero-order chi connectivity index (χ0) is 22.7. The second-order valence-electron chi connectivity index (χ2n) is 7.89. The van der Waals surface area contributed by atoms with Crippen LogP contribution in [-0.2, 0) is 14.3 Å². The minimum absolute atomic E-state index is 0.110. The van der Waals surface area contributed by atoms with Crippen LogP contribution in [0, 0.1) is 0 Å². The first kappa shape index (κ1) is 22.1. The molecule has 2 heterocycles. The summed E-state index contributed by atoms with van der Waals surface area (Å²) in [4.78, 5) is 29.9. The molecule has 2 saturated heterocycles. The van der Waals surface area contributed by atoms with Crippen molar-refractivity contribution in [3.05, 3.63) is 58.9 Å². The lowest BCUT2D eigenvalue weighted by atomic mass is 9.94. The number of allylic oxidation sites excluding steroid dienone is 4. The van der Waals surface area contributed by atoms with Crippen molar-refractivity contribution in [1.29, 1.82) is 0 Å². The standard InChI is InChI=1S/C24H28N2O6/c1-30-18-8-7-17(15-19(18)31-2)21-20(22(27)16-5-3-4-6-16)23(28)24(29)26(21)10-9-25-11-13-32-14-12-25/h3-5,7-8,15,21,27H,6,9-14H2,1-2H3/b22-20+. The minimum atomic E-state index is -0.711. The third kappa shape index (κ3) is 4.16. The summed E-state index contributed by atoms with van der Waals surface area (Å²) in [5, 5.41) is 11.0. The van der Waals surface area contributed by atoms with Gasteiger partial charge in [-0.2, -0.15) is 0 Å². The van der Waals surface area contributed by atoms with Gasteiger partial charge in [-0.25, -0.2) is 0 Å². The highest BCUT2D eigenvalue weighted by molar-refractivity contribution is 6.45. The van der Waals surface area contributed by atoms with Gasteiger partial charge in [0.1, 0.15) is 5.76 Å². The molecule has 0 spiro atoms. The van der Waals surface area contributed by atoms with E-state index in [0.29, 0.717) is 55.4 Å². The Bertz CT molecular complexity index is 990. The molecule has 1 amide bonds. The van der Waals surface area contributed by atoms with Crippen LogP contribution in [0.25, 0.3) is 0 Å². The van der Waals surface area contributed by atoms with E-state index in [1.165, 1.54) is 7.11 Å². The largest absolute Gasteiger partial charge is 0.507 e. The van der Waals surface area contributed by atoms with Gasteiger partial charge in [0, 0.05) is 26.2 Å². The van der Waals surface area contributed by atoms with Crippen LogP contribution >= 0.6 is 0 Å².